The van der Waals surface area contributed by atoms with E-state index in [1.807, 2.05) is 32.0 Å². The van der Waals surface area contributed by atoms with Crippen LogP contribution in [0.1, 0.15) is 28.4 Å². The largest absolute Gasteiger partial charge is 0.465 e. The van der Waals surface area contributed by atoms with Gasteiger partial charge in [0, 0.05) is 18.3 Å². The number of esters is 1. The summed E-state index contributed by atoms with van der Waals surface area (Å²) >= 11 is 0. The minimum Gasteiger partial charge on any atom is -0.465 e. The molecule has 1 N–H and O–H groups in total. The van der Waals surface area contributed by atoms with Gasteiger partial charge in [0.25, 0.3) is 0 Å². The van der Waals surface area contributed by atoms with E-state index in [4.69, 9.17) is 0 Å². The van der Waals surface area contributed by atoms with Crippen molar-refractivity contribution in [2.75, 3.05) is 23.9 Å². The molecule has 0 heterocycles. The van der Waals surface area contributed by atoms with E-state index in [0.717, 1.165) is 11.1 Å². The average molecular weight is 354 g/mol. The van der Waals surface area contributed by atoms with E-state index in [1.54, 1.807) is 18.2 Å². The number of carbonyl (C=O) groups is 3. The van der Waals surface area contributed by atoms with Gasteiger partial charge in [0.15, 0.2) is 0 Å². The Hall–Kier alpha value is -3.15. The molecule has 2 amide bonds. The Kier molecular flexibility index (Phi) is 6.11. The topological polar surface area (TPSA) is 75.7 Å². The van der Waals surface area contributed by atoms with Crippen LogP contribution in [0.3, 0.4) is 0 Å². The van der Waals surface area contributed by atoms with Gasteiger partial charge in [-0.3, -0.25) is 9.59 Å². The van der Waals surface area contributed by atoms with E-state index in [1.165, 1.54) is 25.0 Å². The van der Waals surface area contributed by atoms with Crippen molar-refractivity contribution in [3.63, 3.8) is 0 Å². The molecule has 2 aromatic rings. The van der Waals surface area contributed by atoms with Gasteiger partial charge >= 0.3 is 5.97 Å². The molecule has 0 radical (unpaired) electrons. The second kappa shape index (κ2) is 8.29. The zero-order valence-electron chi connectivity index (χ0n) is 15.3. The maximum absolute atomic E-state index is 12.4. The molecule has 136 valence electrons. The number of amides is 2. The Morgan fingerprint density at radius 3 is 2.46 bits per heavy atom. The average Bonchev–Trinajstić information content (AvgIpc) is 2.61. The lowest BCUT2D eigenvalue weighted by atomic mass is 10.1. The number of hydrogen-bond acceptors (Lipinski definition) is 4. The van der Waals surface area contributed by atoms with Crippen molar-refractivity contribution in [1.82, 2.24) is 0 Å². The standard InChI is InChI=1S/C20H22N2O4/c1-13-8-9-14(2)18(10-13)22(15(3)23)12-19(24)21-17-7-5-6-16(11-17)20(25)26-4/h5-11H,12H2,1-4H3,(H,21,24). The molecule has 0 aliphatic carbocycles. The van der Waals surface area contributed by atoms with Gasteiger partial charge in [0.1, 0.15) is 6.54 Å². The van der Waals surface area contributed by atoms with E-state index in [2.05, 4.69) is 10.1 Å². The summed E-state index contributed by atoms with van der Waals surface area (Å²) in [5.74, 6) is -1.07. The first-order valence-corrected chi connectivity index (χ1v) is 8.15. The van der Waals surface area contributed by atoms with Crippen LogP contribution in [-0.4, -0.2) is 31.4 Å². The molecule has 6 nitrogen and oxygen atoms in total. The van der Waals surface area contributed by atoms with Crippen LogP contribution in [0.2, 0.25) is 0 Å². The highest BCUT2D eigenvalue weighted by Crippen LogP contribution is 2.22. The number of anilines is 2. The fourth-order valence-electron chi connectivity index (χ4n) is 2.56. The molecular formula is C20H22N2O4. The van der Waals surface area contributed by atoms with Crippen LogP contribution >= 0.6 is 0 Å². The van der Waals surface area contributed by atoms with Crippen LogP contribution in [0.5, 0.6) is 0 Å². The lowest BCUT2D eigenvalue weighted by Gasteiger charge is -2.23. The lowest BCUT2D eigenvalue weighted by molar-refractivity contribution is -0.120. The van der Waals surface area contributed by atoms with E-state index in [0.29, 0.717) is 16.9 Å². The molecule has 26 heavy (non-hydrogen) atoms. The third-order valence-corrected chi connectivity index (χ3v) is 3.90. The Labute approximate surface area is 152 Å². The molecule has 0 fully saturated rings. The summed E-state index contributed by atoms with van der Waals surface area (Å²) in [6, 6.07) is 12.2. The van der Waals surface area contributed by atoms with Crippen molar-refractivity contribution >= 4 is 29.2 Å². The zero-order valence-corrected chi connectivity index (χ0v) is 15.3. The minimum atomic E-state index is -0.484. The number of carbonyl (C=O) groups excluding carboxylic acids is 3. The highest BCUT2D eigenvalue weighted by molar-refractivity contribution is 6.02. The van der Waals surface area contributed by atoms with Crippen LogP contribution in [0.25, 0.3) is 0 Å². The number of methoxy groups -OCH3 is 1. The quantitative estimate of drug-likeness (QED) is 0.837. The van der Waals surface area contributed by atoms with Gasteiger partial charge in [-0.05, 0) is 49.2 Å². The number of nitrogens with one attached hydrogen (secondary N) is 1. The number of benzene rings is 2. The van der Waals surface area contributed by atoms with Crippen LogP contribution in [0.4, 0.5) is 11.4 Å². The maximum Gasteiger partial charge on any atom is 0.337 e. The highest BCUT2D eigenvalue weighted by Gasteiger charge is 2.18. The number of aryl methyl sites for hydroxylation is 2. The molecule has 0 saturated heterocycles. The molecule has 6 heteroatoms. The first kappa shape index (κ1) is 19.2. The van der Waals surface area contributed by atoms with Crippen LogP contribution < -0.4 is 10.2 Å². The summed E-state index contributed by atoms with van der Waals surface area (Å²) in [6.45, 7) is 5.12. The molecular weight excluding hydrogens is 332 g/mol. The van der Waals surface area contributed by atoms with Crippen molar-refractivity contribution in [3.05, 3.63) is 59.2 Å². The van der Waals surface area contributed by atoms with Crippen molar-refractivity contribution in [2.24, 2.45) is 0 Å². The third kappa shape index (κ3) is 4.69. The molecule has 0 bridgehead atoms. The smallest absolute Gasteiger partial charge is 0.337 e. The van der Waals surface area contributed by atoms with Crippen LogP contribution in [0, 0.1) is 13.8 Å². The summed E-state index contributed by atoms with van der Waals surface area (Å²) in [6.07, 6.45) is 0. The molecule has 0 spiro atoms. The molecule has 2 aromatic carbocycles. The predicted octanol–water partition coefficient (Wildman–Crippen LogP) is 3.08. The van der Waals surface area contributed by atoms with Gasteiger partial charge in [0.05, 0.1) is 12.7 Å². The second-order valence-electron chi connectivity index (χ2n) is 6.02. The summed E-state index contributed by atoms with van der Waals surface area (Å²) in [7, 11) is 1.29. The summed E-state index contributed by atoms with van der Waals surface area (Å²) < 4.78 is 4.67. The molecule has 0 unspecified atom stereocenters. The molecule has 2 rings (SSSR count). The fourth-order valence-corrected chi connectivity index (χ4v) is 2.56. The third-order valence-electron chi connectivity index (χ3n) is 3.90. The minimum absolute atomic E-state index is 0.123. The molecule has 0 aliphatic rings. The van der Waals surface area contributed by atoms with Gasteiger partial charge < -0.3 is 15.0 Å². The SMILES string of the molecule is COC(=O)c1cccc(NC(=O)CN(C(C)=O)c2cc(C)ccc2C)c1. The summed E-state index contributed by atoms with van der Waals surface area (Å²) in [5, 5.41) is 2.71. The Bertz CT molecular complexity index is 845. The Morgan fingerprint density at radius 1 is 1.08 bits per heavy atom. The molecule has 0 saturated carbocycles. The summed E-state index contributed by atoms with van der Waals surface area (Å²) in [5.41, 5.74) is 3.41. The normalized spacial score (nSPS) is 10.2. The first-order chi connectivity index (χ1) is 12.3. The van der Waals surface area contributed by atoms with Gasteiger partial charge in [-0.1, -0.05) is 18.2 Å². The Balaban J connectivity index is 2.17. The molecule has 0 aromatic heterocycles. The predicted molar refractivity (Wildman–Crippen MR) is 100 cm³/mol. The second-order valence-corrected chi connectivity index (χ2v) is 6.02. The van der Waals surface area contributed by atoms with Crippen molar-refractivity contribution in [3.8, 4) is 0 Å². The zero-order chi connectivity index (χ0) is 19.3. The monoisotopic (exact) mass is 354 g/mol. The number of hydrogen-bond donors (Lipinski definition) is 1. The maximum atomic E-state index is 12.4. The van der Waals surface area contributed by atoms with E-state index >= 15 is 0 Å². The highest BCUT2D eigenvalue weighted by atomic mass is 16.5. The Morgan fingerprint density at radius 2 is 1.81 bits per heavy atom. The van der Waals surface area contributed by atoms with Crippen LogP contribution in [0.15, 0.2) is 42.5 Å². The fraction of sp³-hybridized carbons (Fsp3) is 0.250. The van der Waals surface area contributed by atoms with Crippen molar-refractivity contribution in [2.45, 2.75) is 20.8 Å². The van der Waals surface area contributed by atoms with Gasteiger partial charge in [0.2, 0.25) is 11.8 Å². The summed E-state index contributed by atoms with van der Waals surface area (Å²) in [4.78, 5) is 37.5. The van der Waals surface area contributed by atoms with Gasteiger partial charge in [-0.15, -0.1) is 0 Å². The number of rotatable bonds is 5. The van der Waals surface area contributed by atoms with E-state index in [9.17, 15) is 14.4 Å². The van der Waals surface area contributed by atoms with Crippen molar-refractivity contribution in [1.29, 1.82) is 0 Å². The van der Waals surface area contributed by atoms with Gasteiger partial charge in [-0.25, -0.2) is 4.79 Å². The molecule has 0 aliphatic heterocycles. The van der Waals surface area contributed by atoms with Crippen LogP contribution in [-0.2, 0) is 14.3 Å². The van der Waals surface area contributed by atoms with Crippen molar-refractivity contribution < 1.29 is 19.1 Å². The number of nitrogens with zero attached hydrogens (tertiary/aromatic N) is 1. The lowest BCUT2D eigenvalue weighted by Crippen LogP contribution is -2.37. The number of ether oxygens (including phenoxy) is 1. The first-order valence-electron chi connectivity index (χ1n) is 8.15. The van der Waals surface area contributed by atoms with E-state index < -0.39 is 5.97 Å². The molecule has 0 atom stereocenters. The van der Waals surface area contributed by atoms with Gasteiger partial charge in [-0.2, -0.15) is 0 Å². The van der Waals surface area contributed by atoms with E-state index in [-0.39, 0.29) is 18.4 Å².